The lowest BCUT2D eigenvalue weighted by molar-refractivity contribution is 0.0239. The predicted molar refractivity (Wildman–Crippen MR) is 128 cm³/mol. The molecule has 2 aromatic carbocycles. The summed E-state index contributed by atoms with van der Waals surface area (Å²) in [6, 6.07) is 15.1. The number of aromatic nitrogens is 1. The number of carbonyl (C=O) groups excluding carboxylic acids is 2. The van der Waals surface area contributed by atoms with Crippen LogP contribution in [-0.4, -0.2) is 47.4 Å². The Labute approximate surface area is 198 Å². The first-order chi connectivity index (χ1) is 16.3. The lowest BCUT2D eigenvalue weighted by atomic mass is 10.1. The zero-order valence-electron chi connectivity index (χ0n) is 19.7. The topological polar surface area (TPSA) is 90.0 Å². The molecule has 0 radical (unpaired) electrons. The molecule has 3 aromatic rings. The maximum Gasteiger partial charge on any atom is 0.417 e. The van der Waals surface area contributed by atoms with Gasteiger partial charge in [0.25, 0.3) is 5.91 Å². The van der Waals surface area contributed by atoms with Gasteiger partial charge in [0.15, 0.2) is 11.5 Å². The second-order valence-electron chi connectivity index (χ2n) is 9.07. The van der Waals surface area contributed by atoms with Crippen LogP contribution in [0.3, 0.4) is 0 Å². The SMILES string of the molecule is CC(C)(C)OC(=O)N(CCCNCc1ccc2c(c1)OCO2)C(=O)c1cnc2ccccc2c1. The number of nitrogens with one attached hydrogen (secondary N) is 1. The molecule has 0 atom stereocenters. The zero-order chi connectivity index (χ0) is 24.1. The lowest BCUT2D eigenvalue weighted by Crippen LogP contribution is -2.42. The molecular weight excluding hydrogens is 434 g/mol. The van der Waals surface area contributed by atoms with Crippen molar-refractivity contribution in [3.63, 3.8) is 0 Å². The number of hydrogen-bond donors (Lipinski definition) is 1. The first kappa shape index (κ1) is 23.5. The Morgan fingerprint density at radius 1 is 1.09 bits per heavy atom. The highest BCUT2D eigenvalue weighted by atomic mass is 16.7. The Kier molecular flexibility index (Phi) is 6.98. The minimum absolute atomic E-state index is 0.217. The molecule has 2 amide bonds. The zero-order valence-corrected chi connectivity index (χ0v) is 19.7. The van der Waals surface area contributed by atoms with Crippen molar-refractivity contribution < 1.29 is 23.8 Å². The van der Waals surface area contributed by atoms with E-state index in [1.54, 1.807) is 26.8 Å². The summed E-state index contributed by atoms with van der Waals surface area (Å²) in [6.07, 6.45) is 1.40. The van der Waals surface area contributed by atoms with Crippen molar-refractivity contribution >= 4 is 22.9 Å². The third-order valence-corrected chi connectivity index (χ3v) is 5.20. The lowest BCUT2D eigenvalue weighted by Gasteiger charge is -2.26. The molecule has 0 saturated heterocycles. The first-order valence-electron chi connectivity index (χ1n) is 11.3. The maximum atomic E-state index is 13.2. The van der Waals surface area contributed by atoms with Gasteiger partial charge in [-0.2, -0.15) is 0 Å². The summed E-state index contributed by atoms with van der Waals surface area (Å²) in [5.74, 6) is 1.06. The van der Waals surface area contributed by atoms with Crippen LogP contribution in [0.2, 0.25) is 0 Å². The molecule has 1 aliphatic rings. The van der Waals surface area contributed by atoms with E-state index in [1.165, 1.54) is 6.20 Å². The van der Waals surface area contributed by atoms with Crippen LogP contribution < -0.4 is 14.8 Å². The van der Waals surface area contributed by atoms with Crippen LogP contribution >= 0.6 is 0 Å². The first-order valence-corrected chi connectivity index (χ1v) is 11.3. The van der Waals surface area contributed by atoms with E-state index in [1.807, 2.05) is 42.5 Å². The van der Waals surface area contributed by atoms with Gasteiger partial charge >= 0.3 is 6.09 Å². The highest BCUT2D eigenvalue weighted by Crippen LogP contribution is 2.32. The van der Waals surface area contributed by atoms with Crippen LogP contribution in [0.4, 0.5) is 4.79 Å². The molecule has 8 heteroatoms. The third-order valence-electron chi connectivity index (χ3n) is 5.20. The summed E-state index contributed by atoms with van der Waals surface area (Å²) in [5, 5.41) is 4.18. The van der Waals surface area contributed by atoms with Crippen molar-refractivity contribution in [2.75, 3.05) is 19.9 Å². The standard InChI is InChI=1S/C26H29N3O5/c1-26(2,3)34-25(31)29(24(30)20-14-19-7-4-5-8-21(19)28-16-20)12-6-11-27-15-18-9-10-22-23(13-18)33-17-32-22/h4-5,7-10,13-14,16,27H,6,11-12,15,17H2,1-3H3. The molecule has 0 fully saturated rings. The second kappa shape index (κ2) is 10.1. The molecule has 8 nitrogen and oxygen atoms in total. The van der Waals surface area contributed by atoms with Crippen LogP contribution in [0.1, 0.15) is 43.1 Å². The number of ether oxygens (including phenoxy) is 3. The minimum Gasteiger partial charge on any atom is -0.454 e. The third kappa shape index (κ3) is 5.82. The molecule has 0 bridgehead atoms. The van der Waals surface area contributed by atoms with Gasteiger partial charge in [-0.05, 0) is 63.6 Å². The predicted octanol–water partition coefficient (Wildman–Crippen LogP) is 4.52. The van der Waals surface area contributed by atoms with Crippen LogP contribution in [0.25, 0.3) is 10.9 Å². The monoisotopic (exact) mass is 463 g/mol. The second-order valence-corrected chi connectivity index (χ2v) is 9.07. The molecule has 1 aliphatic heterocycles. The molecule has 0 unspecified atom stereocenters. The van der Waals surface area contributed by atoms with Gasteiger partial charge in [0, 0.05) is 24.7 Å². The van der Waals surface area contributed by atoms with E-state index in [0.717, 1.165) is 32.9 Å². The van der Waals surface area contributed by atoms with E-state index in [2.05, 4.69) is 10.3 Å². The molecule has 4 rings (SSSR count). The Morgan fingerprint density at radius 3 is 2.71 bits per heavy atom. The Balaban J connectivity index is 1.38. The van der Waals surface area contributed by atoms with Gasteiger partial charge < -0.3 is 19.5 Å². The van der Waals surface area contributed by atoms with E-state index in [-0.39, 0.29) is 13.3 Å². The molecular formula is C26H29N3O5. The van der Waals surface area contributed by atoms with Crippen molar-refractivity contribution in [2.45, 2.75) is 39.3 Å². The molecule has 1 N–H and O–H groups in total. The normalized spacial score (nSPS) is 12.6. The van der Waals surface area contributed by atoms with Crippen molar-refractivity contribution in [1.82, 2.24) is 15.2 Å². The summed E-state index contributed by atoms with van der Waals surface area (Å²) in [4.78, 5) is 31.6. The van der Waals surface area contributed by atoms with Crippen LogP contribution in [0, 0.1) is 0 Å². The number of pyridine rings is 1. The van der Waals surface area contributed by atoms with Gasteiger partial charge in [0.1, 0.15) is 5.60 Å². The van der Waals surface area contributed by atoms with Crippen LogP contribution in [-0.2, 0) is 11.3 Å². The molecule has 2 heterocycles. The number of benzene rings is 2. The number of hydrogen-bond acceptors (Lipinski definition) is 7. The van der Waals surface area contributed by atoms with Crippen molar-refractivity contribution in [3.05, 3.63) is 65.9 Å². The minimum atomic E-state index is -0.713. The van der Waals surface area contributed by atoms with Gasteiger partial charge in [-0.15, -0.1) is 0 Å². The van der Waals surface area contributed by atoms with E-state index >= 15 is 0 Å². The van der Waals surface area contributed by atoms with E-state index in [4.69, 9.17) is 14.2 Å². The molecule has 0 spiro atoms. The van der Waals surface area contributed by atoms with Crippen LogP contribution in [0.15, 0.2) is 54.7 Å². The van der Waals surface area contributed by atoms with Gasteiger partial charge in [-0.25, -0.2) is 9.69 Å². The van der Waals surface area contributed by atoms with E-state index in [9.17, 15) is 9.59 Å². The van der Waals surface area contributed by atoms with Crippen molar-refractivity contribution in [3.8, 4) is 11.5 Å². The number of fused-ring (bicyclic) bond motifs is 2. The van der Waals surface area contributed by atoms with Gasteiger partial charge in [0.05, 0.1) is 11.1 Å². The van der Waals surface area contributed by atoms with Crippen LogP contribution in [0.5, 0.6) is 11.5 Å². The summed E-state index contributed by atoms with van der Waals surface area (Å²) in [6.45, 7) is 7.03. The van der Waals surface area contributed by atoms with E-state index in [0.29, 0.717) is 25.1 Å². The molecule has 34 heavy (non-hydrogen) atoms. The summed E-state index contributed by atoms with van der Waals surface area (Å²) in [5.41, 5.74) is 1.48. The van der Waals surface area contributed by atoms with Gasteiger partial charge in [0.2, 0.25) is 6.79 Å². The fraction of sp³-hybridized carbons (Fsp3) is 0.346. The maximum absolute atomic E-state index is 13.2. The van der Waals surface area contributed by atoms with Gasteiger partial charge in [-0.1, -0.05) is 24.3 Å². The van der Waals surface area contributed by atoms with Gasteiger partial charge in [-0.3, -0.25) is 9.78 Å². The number of amides is 2. The highest BCUT2D eigenvalue weighted by Gasteiger charge is 2.28. The largest absolute Gasteiger partial charge is 0.454 e. The average Bonchev–Trinajstić information content (AvgIpc) is 3.27. The number of para-hydroxylation sites is 1. The fourth-order valence-corrected chi connectivity index (χ4v) is 3.58. The molecule has 1 aromatic heterocycles. The Bertz CT molecular complexity index is 1190. The smallest absolute Gasteiger partial charge is 0.417 e. The number of imide groups is 1. The Morgan fingerprint density at radius 2 is 1.88 bits per heavy atom. The Hall–Kier alpha value is -3.65. The molecule has 0 aliphatic carbocycles. The highest BCUT2D eigenvalue weighted by molar-refractivity contribution is 6.04. The molecule has 178 valence electrons. The number of carbonyl (C=O) groups is 2. The quantitative estimate of drug-likeness (QED) is 0.515. The number of rotatable bonds is 7. The van der Waals surface area contributed by atoms with E-state index < -0.39 is 17.6 Å². The fourth-order valence-electron chi connectivity index (χ4n) is 3.58. The summed E-state index contributed by atoms with van der Waals surface area (Å²) >= 11 is 0. The summed E-state index contributed by atoms with van der Waals surface area (Å²) < 4.78 is 16.2. The van der Waals surface area contributed by atoms with Crippen molar-refractivity contribution in [1.29, 1.82) is 0 Å². The van der Waals surface area contributed by atoms with Crippen molar-refractivity contribution in [2.24, 2.45) is 0 Å². The average molecular weight is 464 g/mol. The summed E-state index contributed by atoms with van der Waals surface area (Å²) in [7, 11) is 0. The molecule has 0 saturated carbocycles. The number of nitrogens with zero attached hydrogens (tertiary/aromatic N) is 2.